The van der Waals surface area contributed by atoms with Crippen LogP contribution in [0.15, 0.2) is 41.5 Å². The molecule has 0 aliphatic carbocycles. The maximum Gasteiger partial charge on any atom is 0.260 e. The number of aromatic nitrogens is 4. The van der Waals surface area contributed by atoms with Gasteiger partial charge in [0.1, 0.15) is 0 Å². The highest BCUT2D eigenvalue weighted by molar-refractivity contribution is 5.81. The number of benzene rings is 1. The van der Waals surface area contributed by atoms with Crippen molar-refractivity contribution in [3.05, 3.63) is 47.0 Å². The zero-order valence-electron chi connectivity index (χ0n) is 11.4. The molecule has 0 aliphatic heterocycles. The van der Waals surface area contributed by atoms with Crippen molar-refractivity contribution in [2.45, 2.75) is 13.0 Å². The number of aromatic amines is 1. The van der Waals surface area contributed by atoms with Gasteiger partial charge in [-0.25, -0.2) is 4.98 Å². The fourth-order valence-electron chi connectivity index (χ4n) is 2.12. The van der Waals surface area contributed by atoms with E-state index in [9.17, 15) is 4.79 Å². The number of aryl methyl sites for hydroxylation is 1. The van der Waals surface area contributed by atoms with E-state index in [0.29, 0.717) is 29.1 Å². The van der Waals surface area contributed by atoms with Crippen molar-refractivity contribution in [3.63, 3.8) is 0 Å². The highest BCUT2D eigenvalue weighted by Gasteiger charge is 2.03. The zero-order valence-corrected chi connectivity index (χ0v) is 11.4. The first-order chi connectivity index (χ1) is 10.2. The highest BCUT2D eigenvalue weighted by atomic mass is 16.1. The standard InChI is InChI=1S/C14H16N6O/c15-10-3-4-12-11(9-10)13(21)19-14(18-12)16-5-1-7-20-8-2-6-17-20/h2-4,6,8-9H,1,5,7,15H2,(H2,16,18,19,21). The molecule has 0 radical (unpaired) electrons. The van der Waals surface area contributed by atoms with E-state index < -0.39 is 0 Å². The third-order valence-corrected chi connectivity index (χ3v) is 3.15. The molecule has 0 atom stereocenters. The second-order valence-electron chi connectivity index (χ2n) is 4.74. The van der Waals surface area contributed by atoms with Crippen LogP contribution >= 0.6 is 0 Å². The third kappa shape index (κ3) is 3.02. The van der Waals surface area contributed by atoms with E-state index in [0.717, 1.165) is 13.0 Å². The molecular formula is C14H16N6O. The number of rotatable bonds is 5. The van der Waals surface area contributed by atoms with Crippen LogP contribution in [0.1, 0.15) is 6.42 Å². The van der Waals surface area contributed by atoms with Gasteiger partial charge in [0.2, 0.25) is 5.95 Å². The fourth-order valence-corrected chi connectivity index (χ4v) is 2.12. The van der Waals surface area contributed by atoms with E-state index in [1.54, 1.807) is 24.4 Å². The second kappa shape index (κ2) is 5.66. The summed E-state index contributed by atoms with van der Waals surface area (Å²) in [6, 6.07) is 7.00. The summed E-state index contributed by atoms with van der Waals surface area (Å²) in [5, 5.41) is 7.74. The van der Waals surface area contributed by atoms with Crippen LogP contribution in [0.2, 0.25) is 0 Å². The minimum Gasteiger partial charge on any atom is -0.399 e. The van der Waals surface area contributed by atoms with Crippen LogP contribution in [-0.4, -0.2) is 26.3 Å². The Bertz CT molecular complexity index is 793. The monoisotopic (exact) mass is 284 g/mol. The minimum absolute atomic E-state index is 0.193. The van der Waals surface area contributed by atoms with E-state index in [-0.39, 0.29) is 5.56 Å². The Morgan fingerprint density at radius 3 is 3.10 bits per heavy atom. The van der Waals surface area contributed by atoms with Gasteiger partial charge in [0.05, 0.1) is 10.9 Å². The van der Waals surface area contributed by atoms with Gasteiger partial charge in [-0.3, -0.25) is 14.5 Å². The first-order valence-corrected chi connectivity index (χ1v) is 6.73. The number of H-pyrrole nitrogens is 1. The molecule has 7 heteroatoms. The molecule has 7 nitrogen and oxygen atoms in total. The van der Waals surface area contributed by atoms with Crippen LogP contribution in [0.4, 0.5) is 11.6 Å². The molecule has 0 fully saturated rings. The Kier molecular flexibility index (Phi) is 3.55. The summed E-state index contributed by atoms with van der Waals surface area (Å²) in [5.74, 6) is 0.470. The van der Waals surface area contributed by atoms with Crippen molar-refractivity contribution < 1.29 is 0 Å². The summed E-state index contributed by atoms with van der Waals surface area (Å²) in [5.41, 5.74) is 6.66. The van der Waals surface area contributed by atoms with Gasteiger partial charge < -0.3 is 11.1 Å². The zero-order chi connectivity index (χ0) is 14.7. The van der Waals surface area contributed by atoms with Crippen LogP contribution in [0.25, 0.3) is 10.9 Å². The number of nitrogens with one attached hydrogen (secondary N) is 2. The van der Waals surface area contributed by atoms with Gasteiger partial charge in [0.25, 0.3) is 5.56 Å². The summed E-state index contributed by atoms with van der Waals surface area (Å²) < 4.78 is 1.86. The number of nitrogen functional groups attached to an aromatic ring is 1. The molecule has 3 rings (SSSR count). The Balaban J connectivity index is 1.67. The van der Waals surface area contributed by atoms with Gasteiger partial charge in [-0.05, 0) is 30.7 Å². The lowest BCUT2D eigenvalue weighted by atomic mass is 10.2. The van der Waals surface area contributed by atoms with Crippen molar-refractivity contribution in [3.8, 4) is 0 Å². The predicted octanol–water partition coefficient (Wildman–Crippen LogP) is 1.20. The first kappa shape index (κ1) is 13.2. The SMILES string of the molecule is Nc1ccc2nc(NCCCn3cccn3)[nH]c(=O)c2c1. The number of anilines is 2. The molecule has 3 aromatic rings. The average Bonchev–Trinajstić information content (AvgIpc) is 2.98. The Hall–Kier alpha value is -2.83. The van der Waals surface area contributed by atoms with Gasteiger partial charge >= 0.3 is 0 Å². The lowest BCUT2D eigenvalue weighted by Gasteiger charge is -2.07. The highest BCUT2D eigenvalue weighted by Crippen LogP contribution is 2.12. The number of hydrogen-bond donors (Lipinski definition) is 3. The Labute approximate surface area is 120 Å². The minimum atomic E-state index is -0.193. The molecule has 0 aliphatic rings. The molecule has 0 saturated carbocycles. The average molecular weight is 284 g/mol. The summed E-state index contributed by atoms with van der Waals surface area (Å²) in [7, 11) is 0. The van der Waals surface area contributed by atoms with Crippen molar-refractivity contribution >= 4 is 22.5 Å². The fraction of sp³-hybridized carbons (Fsp3) is 0.214. The smallest absolute Gasteiger partial charge is 0.260 e. The van der Waals surface area contributed by atoms with Gasteiger partial charge in [-0.2, -0.15) is 5.10 Å². The predicted molar refractivity (Wildman–Crippen MR) is 82.1 cm³/mol. The molecule has 108 valence electrons. The molecule has 0 amide bonds. The summed E-state index contributed by atoms with van der Waals surface area (Å²) in [6.07, 6.45) is 4.55. The van der Waals surface area contributed by atoms with Gasteiger partial charge in [-0.1, -0.05) is 0 Å². The molecular weight excluding hydrogens is 268 g/mol. The molecule has 0 saturated heterocycles. The molecule has 0 bridgehead atoms. The van der Waals surface area contributed by atoms with Crippen molar-refractivity contribution in [2.75, 3.05) is 17.6 Å². The number of hydrogen-bond acceptors (Lipinski definition) is 5. The Morgan fingerprint density at radius 2 is 2.29 bits per heavy atom. The van der Waals surface area contributed by atoms with Crippen LogP contribution in [0.3, 0.4) is 0 Å². The summed E-state index contributed by atoms with van der Waals surface area (Å²) in [4.78, 5) is 19.0. The van der Waals surface area contributed by atoms with Gasteiger partial charge in [-0.15, -0.1) is 0 Å². The van der Waals surface area contributed by atoms with Crippen LogP contribution in [-0.2, 0) is 6.54 Å². The normalized spacial score (nSPS) is 10.9. The van der Waals surface area contributed by atoms with Crippen LogP contribution in [0, 0.1) is 0 Å². The number of fused-ring (bicyclic) bond motifs is 1. The quantitative estimate of drug-likeness (QED) is 0.483. The molecule has 4 N–H and O–H groups in total. The number of nitrogens with two attached hydrogens (primary N) is 1. The van der Waals surface area contributed by atoms with Crippen LogP contribution in [0.5, 0.6) is 0 Å². The maximum absolute atomic E-state index is 12.0. The maximum atomic E-state index is 12.0. The molecule has 2 aromatic heterocycles. The molecule has 2 heterocycles. The summed E-state index contributed by atoms with van der Waals surface area (Å²) in [6.45, 7) is 1.51. The molecule has 0 spiro atoms. The van der Waals surface area contributed by atoms with Gasteiger partial charge in [0, 0.05) is 31.2 Å². The largest absolute Gasteiger partial charge is 0.399 e. The lowest BCUT2D eigenvalue weighted by molar-refractivity contribution is 0.591. The van der Waals surface area contributed by atoms with E-state index >= 15 is 0 Å². The van der Waals surface area contributed by atoms with E-state index in [2.05, 4.69) is 20.4 Å². The Morgan fingerprint density at radius 1 is 1.38 bits per heavy atom. The first-order valence-electron chi connectivity index (χ1n) is 6.73. The van der Waals surface area contributed by atoms with E-state index in [1.165, 1.54) is 0 Å². The van der Waals surface area contributed by atoms with E-state index in [4.69, 9.17) is 5.73 Å². The van der Waals surface area contributed by atoms with Crippen molar-refractivity contribution in [2.24, 2.45) is 0 Å². The van der Waals surface area contributed by atoms with Crippen molar-refractivity contribution in [1.29, 1.82) is 0 Å². The van der Waals surface area contributed by atoms with E-state index in [1.807, 2.05) is 16.9 Å². The molecule has 1 aromatic carbocycles. The molecule has 21 heavy (non-hydrogen) atoms. The summed E-state index contributed by atoms with van der Waals surface area (Å²) >= 11 is 0. The van der Waals surface area contributed by atoms with Crippen molar-refractivity contribution in [1.82, 2.24) is 19.7 Å². The molecule has 0 unspecified atom stereocenters. The topological polar surface area (TPSA) is 102 Å². The third-order valence-electron chi connectivity index (χ3n) is 3.15. The van der Waals surface area contributed by atoms with Gasteiger partial charge in [0.15, 0.2) is 0 Å². The second-order valence-corrected chi connectivity index (χ2v) is 4.74. The van der Waals surface area contributed by atoms with Crippen LogP contribution < -0.4 is 16.6 Å². The number of nitrogens with zero attached hydrogens (tertiary/aromatic N) is 3. The lowest BCUT2D eigenvalue weighted by Crippen LogP contribution is -2.15.